The summed E-state index contributed by atoms with van der Waals surface area (Å²) in [6.07, 6.45) is 6.41. The molecule has 1 fully saturated rings. The van der Waals surface area contributed by atoms with Crippen LogP contribution in [-0.2, 0) is 23.1 Å². The first kappa shape index (κ1) is 19.2. The van der Waals surface area contributed by atoms with Crippen LogP contribution in [0.4, 0.5) is 0 Å². The highest BCUT2D eigenvalue weighted by atomic mass is 127. The summed E-state index contributed by atoms with van der Waals surface area (Å²) >= 11 is 0. The van der Waals surface area contributed by atoms with E-state index in [4.69, 9.17) is 9.47 Å². The molecule has 0 radical (unpaired) electrons. The Morgan fingerprint density at radius 3 is 3.00 bits per heavy atom. The number of ether oxygens (including phenoxy) is 2. The second-order valence-electron chi connectivity index (χ2n) is 5.25. The molecule has 2 rings (SSSR count). The lowest BCUT2D eigenvalue weighted by atomic mass is 10.3. The van der Waals surface area contributed by atoms with Crippen LogP contribution in [0.5, 0.6) is 0 Å². The highest BCUT2D eigenvalue weighted by Crippen LogP contribution is 2.07. The Labute approximate surface area is 149 Å². The quantitative estimate of drug-likeness (QED) is 0.303. The van der Waals surface area contributed by atoms with Crippen LogP contribution in [0.2, 0.25) is 0 Å². The average Bonchev–Trinajstić information content (AvgIpc) is 3.13. The molecule has 0 spiro atoms. The summed E-state index contributed by atoms with van der Waals surface area (Å²) in [5.74, 6) is 0.822. The fraction of sp³-hybridized carbons (Fsp3) is 0.667. The van der Waals surface area contributed by atoms with E-state index in [2.05, 4.69) is 27.9 Å². The fourth-order valence-corrected chi connectivity index (χ4v) is 2.25. The predicted molar refractivity (Wildman–Crippen MR) is 98.8 cm³/mol. The van der Waals surface area contributed by atoms with Crippen LogP contribution in [0.3, 0.4) is 0 Å². The second-order valence-corrected chi connectivity index (χ2v) is 5.25. The van der Waals surface area contributed by atoms with Crippen molar-refractivity contribution < 1.29 is 9.47 Å². The number of hydrogen-bond donors (Lipinski definition) is 2. The average molecular weight is 422 g/mol. The molecule has 1 atom stereocenters. The van der Waals surface area contributed by atoms with E-state index < -0.39 is 0 Å². The van der Waals surface area contributed by atoms with Gasteiger partial charge in [-0.25, -0.2) is 0 Å². The lowest BCUT2D eigenvalue weighted by molar-refractivity contribution is 0.0420. The summed E-state index contributed by atoms with van der Waals surface area (Å²) in [4.78, 5) is 4.21. The van der Waals surface area contributed by atoms with E-state index in [0.29, 0.717) is 6.10 Å². The molecule has 2 heterocycles. The molecule has 6 nitrogen and oxygen atoms in total. The maximum absolute atomic E-state index is 5.72. The van der Waals surface area contributed by atoms with Crippen LogP contribution >= 0.6 is 24.0 Å². The minimum atomic E-state index is 0. The van der Waals surface area contributed by atoms with Crippen molar-refractivity contribution in [1.29, 1.82) is 0 Å². The number of nitrogens with zero attached hydrogens (tertiary/aromatic N) is 2. The van der Waals surface area contributed by atoms with Gasteiger partial charge in [0.05, 0.1) is 12.7 Å². The Balaban J connectivity index is 0.00000242. The molecule has 0 bridgehead atoms. The van der Waals surface area contributed by atoms with Gasteiger partial charge in [-0.1, -0.05) is 0 Å². The van der Waals surface area contributed by atoms with Gasteiger partial charge in [0.1, 0.15) is 0 Å². The Morgan fingerprint density at radius 1 is 1.50 bits per heavy atom. The Kier molecular flexibility index (Phi) is 9.49. The molecular weight excluding hydrogens is 395 g/mol. The zero-order chi connectivity index (χ0) is 14.9. The van der Waals surface area contributed by atoms with E-state index in [9.17, 15) is 0 Å². The largest absolute Gasteiger partial charge is 0.379 e. The number of guanidine groups is 1. The molecular formula is C15H27IN4O2. The first-order valence-corrected chi connectivity index (χ1v) is 7.52. The normalized spacial score (nSPS) is 18.1. The van der Waals surface area contributed by atoms with E-state index >= 15 is 0 Å². The maximum Gasteiger partial charge on any atom is 0.191 e. The standard InChI is InChI=1S/C15H26N4O2.HI/c1-16-15(18-10-13-4-7-19(2)11-13)17-6-3-8-21-14-5-9-20-12-14;/h4,7,11,14H,3,5-6,8-10,12H2,1-2H3,(H2,16,17,18);1H. The van der Waals surface area contributed by atoms with Crippen LogP contribution in [0.1, 0.15) is 18.4 Å². The molecule has 0 aliphatic carbocycles. The Morgan fingerprint density at radius 2 is 2.36 bits per heavy atom. The van der Waals surface area contributed by atoms with E-state index in [1.165, 1.54) is 5.56 Å². The van der Waals surface area contributed by atoms with Gasteiger partial charge in [0.15, 0.2) is 5.96 Å². The Hall–Kier alpha value is -0.800. The van der Waals surface area contributed by atoms with Crippen molar-refractivity contribution in [3.05, 3.63) is 24.0 Å². The molecule has 1 aromatic rings. The summed E-state index contributed by atoms with van der Waals surface area (Å²) in [6, 6.07) is 2.10. The van der Waals surface area contributed by atoms with Gasteiger partial charge in [0, 0.05) is 52.8 Å². The summed E-state index contributed by atoms with van der Waals surface area (Å²) < 4.78 is 13.0. The van der Waals surface area contributed by atoms with Gasteiger partial charge < -0.3 is 24.7 Å². The highest BCUT2D eigenvalue weighted by Gasteiger charge is 2.15. The number of halogens is 1. The summed E-state index contributed by atoms with van der Waals surface area (Å²) in [6.45, 7) is 3.96. The number of aliphatic imine (C=N–C) groups is 1. The third-order valence-corrected chi connectivity index (χ3v) is 3.43. The van der Waals surface area contributed by atoms with Gasteiger partial charge in [-0.05, 0) is 24.5 Å². The zero-order valence-corrected chi connectivity index (χ0v) is 15.7. The summed E-state index contributed by atoms with van der Waals surface area (Å²) in [5.41, 5.74) is 1.24. The lowest BCUT2D eigenvalue weighted by Gasteiger charge is -2.12. The maximum atomic E-state index is 5.72. The lowest BCUT2D eigenvalue weighted by Crippen LogP contribution is -2.37. The van der Waals surface area contributed by atoms with Crippen molar-refractivity contribution in [2.75, 3.05) is 33.4 Å². The molecule has 0 amide bonds. The van der Waals surface area contributed by atoms with Crippen molar-refractivity contribution in [1.82, 2.24) is 15.2 Å². The number of aryl methyl sites for hydroxylation is 1. The first-order valence-electron chi connectivity index (χ1n) is 7.52. The predicted octanol–water partition coefficient (Wildman–Crippen LogP) is 1.50. The molecule has 1 saturated heterocycles. The van der Waals surface area contributed by atoms with E-state index in [-0.39, 0.29) is 24.0 Å². The van der Waals surface area contributed by atoms with E-state index in [1.54, 1.807) is 7.05 Å². The van der Waals surface area contributed by atoms with Gasteiger partial charge in [0.2, 0.25) is 0 Å². The molecule has 2 N–H and O–H groups in total. The van der Waals surface area contributed by atoms with Crippen LogP contribution in [0.25, 0.3) is 0 Å². The van der Waals surface area contributed by atoms with Crippen molar-refractivity contribution in [2.45, 2.75) is 25.5 Å². The Bertz CT molecular complexity index is 445. The molecule has 126 valence electrons. The zero-order valence-electron chi connectivity index (χ0n) is 13.4. The van der Waals surface area contributed by atoms with Gasteiger partial charge >= 0.3 is 0 Å². The molecule has 1 unspecified atom stereocenters. The molecule has 0 aromatic carbocycles. The third kappa shape index (κ3) is 6.97. The van der Waals surface area contributed by atoms with Crippen molar-refractivity contribution in [3.8, 4) is 0 Å². The van der Waals surface area contributed by atoms with Gasteiger partial charge in [-0.3, -0.25) is 4.99 Å². The number of rotatable bonds is 7. The summed E-state index contributed by atoms with van der Waals surface area (Å²) in [5, 5.41) is 6.59. The minimum Gasteiger partial charge on any atom is -0.379 e. The monoisotopic (exact) mass is 422 g/mol. The van der Waals surface area contributed by atoms with Crippen LogP contribution in [0, 0.1) is 0 Å². The van der Waals surface area contributed by atoms with E-state index in [0.717, 1.165) is 51.7 Å². The minimum absolute atomic E-state index is 0. The van der Waals surface area contributed by atoms with Crippen LogP contribution in [-0.4, -0.2) is 50.0 Å². The topological polar surface area (TPSA) is 59.8 Å². The molecule has 7 heteroatoms. The molecule has 22 heavy (non-hydrogen) atoms. The molecule has 1 aromatic heterocycles. The SMILES string of the molecule is CN=C(NCCCOC1CCOC1)NCc1ccn(C)c1.I. The van der Waals surface area contributed by atoms with Crippen LogP contribution in [0.15, 0.2) is 23.5 Å². The molecule has 1 aliphatic rings. The smallest absolute Gasteiger partial charge is 0.191 e. The van der Waals surface area contributed by atoms with Gasteiger partial charge in [-0.15, -0.1) is 24.0 Å². The fourth-order valence-electron chi connectivity index (χ4n) is 2.25. The molecule has 1 aliphatic heterocycles. The van der Waals surface area contributed by atoms with E-state index in [1.807, 2.05) is 17.8 Å². The van der Waals surface area contributed by atoms with Crippen molar-refractivity contribution >= 4 is 29.9 Å². The third-order valence-electron chi connectivity index (χ3n) is 3.43. The number of aromatic nitrogens is 1. The number of nitrogens with one attached hydrogen (secondary N) is 2. The first-order chi connectivity index (χ1) is 10.3. The van der Waals surface area contributed by atoms with Crippen molar-refractivity contribution in [2.24, 2.45) is 12.0 Å². The van der Waals surface area contributed by atoms with Gasteiger partial charge in [0.25, 0.3) is 0 Å². The van der Waals surface area contributed by atoms with Gasteiger partial charge in [-0.2, -0.15) is 0 Å². The summed E-state index contributed by atoms with van der Waals surface area (Å²) in [7, 11) is 3.80. The number of hydrogen-bond acceptors (Lipinski definition) is 3. The van der Waals surface area contributed by atoms with Crippen molar-refractivity contribution in [3.63, 3.8) is 0 Å². The highest BCUT2D eigenvalue weighted by molar-refractivity contribution is 14.0. The second kappa shape index (κ2) is 10.8. The van der Waals surface area contributed by atoms with Crippen LogP contribution < -0.4 is 10.6 Å². The molecule has 0 saturated carbocycles.